The Balaban J connectivity index is 0.00000312. The number of halogens is 3. The average molecular weight is 371 g/mol. The number of amides is 1. The molecule has 1 unspecified atom stereocenters. The van der Waals surface area contributed by atoms with Crippen molar-refractivity contribution in [2.45, 2.75) is 26.1 Å². The maximum atomic E-state index is 12.4. The van der Waals surface area contributed by atoms with Crippen molar-refractivity contribution in [3.63, 3.8) is 0 Å². The normalized spacial score (nSPS) is 11.6. The molecule has 2 aromatic carbocycles. The van der Waals surface area contributed by atoms with Gasteiger partial charge in [-0.05, 0) is 30.2 Å². The van der Waals surface area contributed by atoms with E-state index >= 15 is 0 Å². The van der Waals surface area contributed by atoms with Crippen LogP contribution in [0.25, 0.3) is 0 Å². The number of hydrogen-bond donors (Lipinski definition) is 1. The highest BCUT2D eigenvalue weighted by Gasteiger charge is 2.20. The molecule has 0 aromatic heterocycles. The Labute approximate surface area is 152 Å². The Morgan fingerprint density at radius 1 is 1.12 bits per heavy atom. The monoisotopic (exact) mass is 370 g/mol. The van der Waals surface area contributed by atoms with Crippen molar-refractivity contribution in [1.82, 2.24) is 4.90 Å². The summed E-state index contributed by atoms with van der Waals surface area (Å²) in [6.45, 7) is -0.564. The van der Waals surface area contributed by atoms with Crippen LogP contribution in [0.1, 0.15) is 22.7 Å². The van der Waals surface area contributed by atoms with Gasteiger partial charge in [0.05, 0.1) is 0 Å². The molecule has 0 radical (unpaired) electrons. The van der Waals surface area contributed by atoms with Crippen molar-refractivity contribution >= 4 is 18.3 Å². The molecule has 0 saturated carbocycles. The molecule has 1 atom stereocenters. The molecule has 4 nitrogen and oxygen atoms in total. The third kappa shape index (κ3) is 5.99. The second-order valence-corrected chi connectivity index (χ2v) is 5.61. The first-order chi connectivity index (χ1) is 11.4. The fourth-order valence-corrected chi connectivity index (χ4v) is 2.28. The third-order valence-electron chi connectivity index (χ3n) is 3.65. The Kier molecular flexibility index (Phi) is 7.80. The lowest BCUT2D eigenvalue weighted by molar-refractivity contribution is -0.131. The summed E-state index contributed by atoms with van der Waals surface area (Å²) in [5.74, 6) is -0.133. The molecule has 0 saturated heterocycles. The summed E-state index contributed by atoms with van der Waals surface area (Å²) in [5, 5.41) is 0. The molecular weight excluding hydrogens is 350 g/mol. The van der Waals surface area contributed by atoms with Crippen LogP contribution in [-0.2, 0) is 11.3 Å². The van der Waals surface area contributed by atoms with Crippen LogP contribution in [0.2, 0.25) is 0 Å². The summed E-state index contributed by atoms with van der Waals surface area (Å²) in [4.78, 5) is 13.9. The number of benzene rings is 2. The summed E-state index contributed by atoms with van der Waals surface area (Å²) in [6.07, 6.45) is 0. The van der Waals surface area contributed by atoms with Crippen molar-refractivity contribution < 1.29 is 18.3 Å². The molecule has 0 spiro atoms. The van der Waals surface area contributed by atoms with E-state index < -0.39 is 12.7 Å². The minimum atomic E-state index is -2.85. The van der Waals surface area contributed by atoms with Gasteiger partial charge in [-0.25, -0.2) is 0 Å². The van der Waals surface area contributed by atoms with Gasteiger partial charge < -0.3 is 15.4 Å². The van der Waals surface area contributed by atoms with E-state index in [1.807, 2.05) is 31.2 Å². The number of nitrogens with zero attached hydrogens (tertiary/aromatic N) is 1. The van der Waals surface area contributed by atoms with E-state index in [2.05, 4.69) is 4.74 Å². The Hall–Kier alpha value is -2.18. The molecule has 0 fully saturated rings. The summed E-state index contributed by atoms with van der Waals surface area (Å²) < 4.78 is 28.5. The van der Waals surface area contributed by atoms with Crippen LogP contribution in [0.3, 0.4) is 0 Å². The highest BCUT2D eigenvalue weighted by atomic mass is 35.5. The lowest BCUT2D eigenvalue weighted by atomic mass is 10.0. The predicted molar refractivity (Wildman–Crippen MR) is 94.9 cm³/mol. The smallest absolute Gasteiger partial charge is 0.387 e. The standard InChI is InChI=1S/C18H20F2N2O2.ClH/c1-12-3-7-14(8-4-12)16(21)17(23)22(2)11-13-5-9-15(10-6-13)24-18(19)20;/h3-10,16,18H,11,21H2,1-2H3;1H. The van der Waals surface area contributed by atoms with Crippen molar-refractivity contribution in [2.75, 3.05) is 7.05 Å². The van der Waals surface area contributed by atoms with Crippen molar-refractivity contribution in [1.29, 1.82) is 0 Å². The van der Waals surface area contributed by atoms with Gasteiger partial charge >= 0.3 is 6.61 Å². The van der Waals surface area contributed by atoms with E-state index in [1.54, 1.807) is 19.2 Å². The Morgan fingerprint density at radius 3 is 2.20 bits per heavy atom. The summed E-state index contributed by atoms with van der Waals surface area (Å²) in [7, 11) is 1.65. The lowest BCUT2D eigenvalue weighted by Gasteiger charge is -2.22. The van der Waals surface area contributed by atoms with Gasteiger partial charge in [0.25, 0.3) is 0 Å². The van der Waals surface area contributed by atoms with Crippen molar-refractivity contribution in [3.8, 4) is 5.75 Å². The zero-order valence-corrected chi connectivity index (χ0v) is 14.8. The highest BCUT2D eigenvalue weighted by molar-refractivity contribution is 5.85. The first-order valence-electron chi connectivity index (χ1n) is 7.47. The Morgan fingerprint density at radius 2 is 1.68 bits per heavy atom. The average Bonchev–Trinajstić information content (AvgIpc) is 2.55. The van der Waals surface area contributed by atoms with Crippen LogP contribution < -0.4 is 10.5 Å². The van der Waals surface area contributed by atoms with Gasteiger partial charge in [0.2, 0.25) is 5.91 Å². The van der Waals surface area contributed by atoms with E-state index in [0.29, 0.717) is 6.54 Å². The molecule has 0 aliphatic carbocycles. The summed E-state index contributed by atoms with van der Waals surface area (Å²) in [5.41, 5.74) is 8.67. The molecule has 0 aliphatic heterocycles. The first-order valence-corrected chi connectivity index (χ1v) is 7.47. The molecule has 0 aliphatic rings. The van der Waals surface area contributed by atoms with Gasteiger partial charge in [0.15, 0.2) is 0 Å². The van der Waals surface area contributed by atoms with Crippen molar-refractivity contribution in [3.05, 3.63) is 65.2 Å². The molecular formula is C18H21ClF2N2O2. The van der Waals surface area contributed by atoms with Gasteiger partial charge in [-0.15, -0.1) is 12.4 Å². The molecule has 0 heterocycles. The van der Waals surface area contributed by atoms with E-state index in [1.165, 1.54) is 17.0 Å². The van der Waals surface area contributed by atoms with Gasteiger partial charge in [-0.2, -0.15) is 8.78 Å². The zero-order valence-electron chi connectivity index (χ0n) is 14.0. The first kappa shape index (κ1) is 20.9. The van der Waals surface area contributed by atoms with Crippen LogP contribution in [0, 0.1) is 6.92 Å². The van der Waals surface area contributed by atoms with Crippen molar-refractivity contribution in [2.24, 2.45) is 5.73 Å². The highest BCUT2D eigenvalue weighted by Crippen LogP contribution is 2.18. The number of hydrogen-bond acceptors (Lipinski definition) is 3. The van der Waals surface area contributed by atoms with Crippen LogP contribution >= 0.6 is 12.4 Å². The van der Waals surface area contributed by atoms with Crippen LogP contribution in [0.5, 0.6) is 5.75 Å². The maximum Gasteiger partial charge on any atom is 0.387 e. The number of aryl methyl sites for hydroxylation is 1. The van der Waals surface area contributed by atoms with E-state index in [-0.39, 0.29) is 24.1 Å². The number of ether oxygens (including phenoxy) is 1. The second kappa shape index (κ2) is 9.34. The minimum Gasteiger partial charge on any atom is -0.435 e. The number of carbonyl (C=O) groups is 1. The van der Waals surface area contributed by atoms with Gasteiger partial charge in [0.1, 0.15) is 11.8 Å². The molecule has 2 aromatic rings. The Bertz CT molecular complexity index is 678. The predicted octanol–water partition coefficient (Wildman–Crippen LogP) is 3.68. The SMILES string of the molecule is Cc1ccc(C(N)C(=O)N(C)Cc2ccc(OC(F)F)cc2)cc1.Cl. The summed E-state index contributed by atoms with van der Waals surface area (Å²) in [6, 6.07) is 12.9. The zero-order chi connectivity index (χ0) is 17.7. The number of rotatable bonds is 6. The topological polar surface area (TPSA) is 55.6 Å². The molecule has 1 amide bonds. The maximum absolute atomic E-state index is 12.4. The van der Waals surface area contributed by atoms with E-state index in [0.717, 1.165) is 16.7 Å². The van der Waals surface area contributed by atoms with E-state index in [4.69, 9.17) is 5.73 Å². The second-order valence-electron chi connectivity index (χ2n) is 5.61. The fourth-order valence-electron chi connectivity index (χ4n) is 2.28. The van der Waals surface area contributed by atoms with Crippen LogP contribution in [0.15, 0.2) is 48.5 Å². The van der Waals surface area contributed by atoms with Gasteiger partial charge in [-0.3, -0.25) is 4.79 Å². The van der Waals surface area contributed by atoms with Gasteiger partial charge in [0, 0.05) is 13.6 Å². The molecule has 136 valence electrons. The molecule has 2 N–H and O–H groups in total. The number of alkyl halides is 2. The lowest BCUT2D eigenvalue weighted by Crippen LogP contribution is -2.35. The quantitative estimate of drug-likeness (QED) is 0.844. The molecule has 0 bridgehead atoms. The number of likely N-dealkylation sites (N-methyl/N-ethyl adjacent to an activating group) is 1. The largest absolute Gasteiger partial charge is 0.435 e. The number of nitrogens with two attached hydrogens (primary N) is 1. The third-order valence-corrected chi connectivity index (χ3v) is 3.65. The van der Waals surface area contributed by atoms with E-state index in [9.17, 15) is 13.6 Å². The molecule has 25 heavy (non-hydrogen) atoms. The van der Waals surface area contributed by atoms with Gasteiger partial charge in [-0.1, -0.05) is 42.0 Å². The van der Waals surface area contributed by atoms with Crippen LogP contribution in [-0.4, -0.2) is 24.5 Å². The fraction of sp³-hybridized carbons (Fsp3) is 0.278. The molecule has 7 heteroatoms. The number of carbonyl (C=O) groups excluding carboxylic acids is 1. The van der Waals surface area contributed by atoms with Crippen LogP contribution in [0.4, 0.5) is 8.78 Å². The molecule has 2 rings (SSSR count). The minimum absolute atomic E-state index is 0. The summed E-state index contributed by atoms with van der Waals surface area (Å²) >= 11 is 0.